The third-order valence-electron chi connectivity index (χ3n) is 6.56. The summed E-state index contributed by atoms with van der Waals surface area (Å²) in [5, 5.41) is 12.7. The number of hydrogen-bond acceptors (Lipinski definition) is 6. The number of nitrogens with zero attached hydrogens (tertiary/aromatic N) is 2. The summed E-state index contributed by atoms with van der Waals surface area (Å²) in [4.78, 5) is 8.97. The molecule has 0 aliphatic heterocycles. The van der Waals surface area contributed by atoms with Crippen molar-refractivity contribution in [1.29, 1.82) is 0 Å². The van der Waals surface area contributed by atoms with Crippen molar-refractivity contribution >= 4 is 44.1 Å². The molecular weight excluding hydrogens is 489 g/mol. The molecule has 0 saturated heterocycles. The first kappa shape index (κ1) is 23.1. The molecule has 2 aromatic heterocycles. The van der Waals surface area contributed by atoms with Crippen LogP contribution in [0, 0.1) is 5.41 Å². The Balaban J connectivity index is 1.67. The van der Waals surface area contributed by atoms with Crippen molar-refractivity contribution in [2.24, 2.45) is 5.41 Å². The monoisotopic (exact) mass is 508 g/mol. The van der Waals surface area contributed by atoms with Gasteiger partial charge in [-0.25, -0.2) is 4.98 Å². The molecule has 10 heteroatoms. The molecule has 2 aromatic carbocycles. The molecule has 5 nitrogen and oxygen atoms in total. The summed E-state index contributed by atoms with van der Waals surface area (Å²) in [5.74, 6) is 0.928. The molecule has 1 unspecified atom stereocenters. The van der Waals surface area contributed by atoms with Gasteiger partial charge in [0.15, 0.2) is 0 Å². The molecule has 1 N–H and O–H groups in total. The van der Waals surface area contributed by atoms with Gasteiger partial charge in [0.2, 0.25) is 0 Å². The smallest absolute Gasteiger partial charge is 0.397 e. The summed E-state index contributed by atoms with van der Waals surface area (Å²) < 4.78 is 53.1. The Kier molecular flexibility index (Phi) is 5.61. The second kappa shape index (κ2) is 8.25. The topological polar surface area (TPSA) is 64.5 Å². The average Bonchev–Trinajstić information content (AvgIpc) is 3.20. The quantitative estimate of drug-likeness (QED) is 0.316. The molecule has 0 spiro atoms. The summed E-state index contributed by atoms with van der Waals surface area (Å²) in [5.41, 5.74) is -0.456. The SMILES string of the molecule is COc1cnc2c(Cl)cc(-c3nc4c(C(O)C5(C(F)(F)F)CCC5)cc(OC)cc4s3)cc2c1. The zero-order chi connectivity index (χ0) is 24.3. The first-order valence-corrected chi connectivity index (χ1v) is 11.7. The van der Waals surface area contributed by atoms with E-state index in [1.54, 1.807) is 24.4 Å². The standard InChI is InChI=1S/C24H20ClF3N2O3S/c1-32-14-9-16(21(31)23(4-3-5-23)24(26,27)28)20-18(10-14)34-22(30-20)13-6-12-7-15(33-2)11-29-19(12)17(25)8-13/h6-11,21,31H,3-5H2,1-2H3. The van der Waals surface area contributed by atoms with E-state index in [0.29, 0.717) is 49.2 Å². The molecule has 2 heterocycles. The summed E-state index contributed by atoms with van der Waals surface area (Å²) in [6.45, 7) is 0. The third kappa shape index (κ3) is 3.57. The number of pyridine rings is 1. The van der Waals surface area contributed by atoms with Crippen molar-refractivity contribution in [1.82, 2.24) is 9.97 Å². The van der Waals surface area contributed by atoms with Crippen molar-refractivity contribution in [2.75, 3.05) is 14.2 Å². The van der Waals surface area contributed by atoms with Gasteiger partial charge in [0.1, 0.15) is 16.5 Å². The molecule has 0 radical (unpaired) electrons. The van der Waals surface area contributed by atoms with Crippen LogP contribution in [0.5, 0.6) is 11.5 Å². The maximum atomic E-state index is 14.0. The number of aliphatic hydroxyl groups excluding tert-OH is 1. The van der Waals surface area contributed by atoms with E-state index in [-0.39, 0.29) is 18.4 Å². The lowest BCUT2D eigenvalue weighted by atomic mass is 9.63. The van der Waals surface area contributed by atoms with E-state index in [4.69, 9.17) is 21.1 Å². The zero-order valence-corrected chi connectivity index (χ0v) is 19.8. The second-order valence-electron chi connectivity index (χ2n) is 8.40. The Labute approximate surface area is 202 Å². The molecule has 5 rings (SSSR count). The van der Waals surface area contributed by atoms with E-state index in [1.165, 1.54) is 31.6 Å². The summed E-state index contributed by atoms with van der Waals surface area (Å²) in [7, 11) is 2.98. The zero-order valence-electron chi connectivity index (χ0n) is 18.2. The highest BCUT2D eigenvalue weighted by Gasteiger charge is 2.63. The molecule has 0 amide bonds. The van der Waals surface area contributed by atoms with Gasteiger partial charge < -0.3 is 14.6 Å². The number of benzene rings is 2. The summed E-state index contributed by atoms with van der Waals surface area (Å²) >= 11 is 7.75. The molecule has 0 bridgehead atoms. The molecule has 1 fully saturated rings. The number of halogens is 4. The van der Waals surface area contributed by atoms with Gasteiger partial charge in [-0.1, -0.05) is 18.0 Å². The van der Waals surface area contributed by atoms with Crippen LogP contribution in [0.3, 0.4) is 0 Å². The van der Waals surface area contributed by atoms with Gasteiger partial charge in [-0.15, -0.1) is 11.3 Å². The lowest BCUT2D eigenvalue weighted by Gasteiger charge is -2.46. The van der Waals surface area contributed by atoms with Crippen LogP contribution in [0.25, 0.3) is 31.7 Å². The number of aromatic nitrogens is 2. The van der Waals surface area contributed by atoms with E-state index in [2.05, 4.69) is 9.97 Å². The maximum Gasteiger partial charge on any atom is 0.397 e. The van der Waals surface area contributed by atoms with Gasteiger partial charge in [0.05, 0.1) is 52.7 Å². The molecule has 34 heavy (non-hydrogen) atoms. The molecular formula is C24H20ClF3N2O3S. The van der Waals surface area contributed by atoms with Crippen LogP contribution < -0.4 is 9.47 Å². The highest BCUT2D eigenvalue weighted by atomic mass is 35.5. The second-order valence-corrected chi connectivity index (χ2v) is 9.84. The van der Waals surface area contributed by atoms with Gasteiger partial charge in [-0.2, -0.15) is 13.2 Å². The largest absolute Gasteiger partial charge is 0.497 e. The average molecular weight is 509 g/mol. The van der Waals surface area contributed by atoms with Crippen LogP contribution in [0.1, 0.15) is 30.9 Å². The van der Waals surface area contributed by atoms with Crippen molar-refractivity contribution in [3.63, 3.8) is 0 Å². The third-order valence-corrected chi connectivity index (χ3v) is 7.90. The Morgan fingerprint density at radius 2 is 1.79 bits per heavy atom. The lowest BCUT2D eigenvalue weighted by Crippen LogP contribution is -2.48. The Bertz CT molecular complexity index is 1400. The van der Waals surface area contributed by atoms with Crippen molar-refractivity contribution in [3.05, 3.63) is 47.1 Å². The number of hydrogen-bond donors (Lipinski definition) is 1. The van der Waals surface area contributed by atoms with Crippen LogP contribution in [0.4, 0.5) is 13.2 Å². The van der Waals surface area contributed by atoms with Crippen molar-refractivity contribution < 1.29 is 27.8 Å². The fraction of sp³-hybridized carbons (Fsp3) is 0.333. The van der Waals surface area contributed by atoms with Gasteiger partial charge in [0, 0.05) is 16.5 Å². The van der Waals surface area contributed by atoms with Crippen molar-refractivity contribution in [3.8, 4) is 22.1 Å². The molecule has 178 valence electrons. The fourth-order valence-corrected chi connectivity index (χ4v) is 5.76. The number of ether oxygens (including phenoxy) is 2. The van der Waals surface area contributed by atoms with Gasteiger partial charge in [-0.3, -0.25) is 4.98 Å². The summed E-state index contributed by atoms with van der Waals surface area (Å²) in [6, 6.07) is 8.53. The van der Waals surface area contributed by atoms with Crippen LogP contribution >= 0.6 is 22.9 Å². The van der Waals surface area contributed by atoms with E-state index < -0.39 is 17.7 Å². The van der Waals surface area contributed by atoms with Gasteiger partial charge in [0.25, 0.3) is 0 Å². The number of alkyl halides is 3. The predicted octanol–water partition coefficient (Wildman–Crippen LogP) is 6.95. The van der Waals surface area contributed by atoms with Gasteiger partial charge >= 0.3 is 6.18 Å². The molecule has 1 atom stereocenters. The predicted molar refractivity (Wildman–Crippen MR) is 126 cm³/mol. The van der Waals surface area contributed by atoms with Crippen LogP contribution in [0.15, 0.2) is 36.5 Å². The molecule has 4 aromatic rings. The van der Waals surface area contributed by atoms with Crippen molar-refractivity contribution in [2.45, 2.75) is 31.5 Å². The fourth-order valence-electron chi connectivity index (χ4n) is 4.47. The minimum Gasteiger partial charge on any atom is -0.497 e. The number of fused-ring (bicyclic) bond motifs is 2. The van der Waals surface area contributed by atoms with Crippen LogP contribution in [-0.4, -0.2) is 35.5 Å². The Hall–Kier alpha value is -2.62. The van der Waals surface area contributed by atoms with Crippen LogP contribution in [0.2, 0.25) is 5.02 Å². The first-order chi connectivity index (χ1) is 16.2. The molecule has 1 aliphatic carbocycles. The minimum absolute atomic E-state index is 0.115. The number of thiazole rings is 1. The van der Waals surface area contributed by atoms with Gasteiger partial charge in [-0.05, 0) is 43.2 Å². The normalized spacial score (nSPS) is 16.4. The Morgan fingerprint density at radius 3 is 2.41 bits per heavy atom. The first-order valence-electron chi connectivity index (χ1n) is 10.5. The van der Waals surface area contributed by atoms with Crippen LogP contribution in [-0.2, 0) is 0 Å². The minimum atomic E-state index is -4.53. The number of rotatable bonds is 5. The number of aliphatic hydroxyl groups is 1. The van der Waals surface area contributed by atoms with E-state index >= 15 is 0 Å². The van der Waals surface area contributed by atoms with E-state index in [9.17, 15) is 18.3 Å². The molecule has 1 aliphatic rings. The number of methoxy groups -OCH3 is 2. The summed E-state index contributed by atoms with van der Waals surface area (Å²) in [6.07, 6.45) is -4.54. The highest BCUT2D eigenvalue weighted by molar-refractivity contribution is 7.21. The van der Waals surface area contributed by atoms with E-state index in [0.717, 1.165) is 5.39 Å². The maximum absolute atomic E-state index is 14.0. The Morgan fingerprint density at radius 1 is 1.06 bits per heavy atom. The lowest BCUT2D eigenvalue weighted by molar-refractivity contribution is -0.284. The van der Waals surface area contributed by atoms with E-state index in [1.807, 2.05) is 6.07 Å². The highest BCUT2D eigenvalue weighted by Crippen LogP contribution is 2.60. The molecule has 1 saturated carbocycles.